The van der Waals surface area contributed by atoms with Crippen molar-refractivity contribution in [3.63, 3.8) is 0 Å². The van der Waals surface area contributed by atoms with Gasteiger partial charge in [-0.05, 0) is 50.9 Å². The zero-order valence-electron chi connectivity index (χ0n) is 40.1. The van der Waals surface area contributed by atoms with E-state index >= 15 is 0 Å². The van der Waals surface area contributed by atoms with Crippen LogP contribution >= 0.6 is 7.82 Å². The molecule has 0 spiro atoms. The van der Waals surface area contributed by atoms with Crippen molar-refractivity contribution >= 4 is 19.8 Å². The van der Waals surface area contributed by atoms with Crippen molar-refractivity contribution in [1.29, 1.82) is 0 Å². The Labute approximate surface area is 384 Å². The summed E-state index contributed by atoms with van der Waals surface area (Å²) in [4.78, 5) is 35.1. The number of carbonyl (C=O) groups is 2. The third-order valence-corrected chi connectivity index (χ3v) is 12.1. The third-order valence-electron chi connectivity index (χ3n) is 11.1. The molecule has 0 aromatic heterocycles. The Morgan fingerprint density at radius 2 is 1.14 bits per heavy atom. The van der Waals surface area contributed by atoms with E-state index in [-0.39, 0.29) is 19.4 Å². The van der Waals surface area contributed by atoms with Crippen molar-refractivity contribution in [2.45, 2.75) is 232 Å². The molecule has 0 radical (unpaired) electrons. The summed E-state index contributed by atoms with van der Waals surface area (Å²) in [5, 5.41) is 28.5. The summed E-state index contributed by atoms with van der Waals surface area (Å²) in [6, 6.07) is 0. The monoisotopic (exact) mass is 913 g/mol. The average molecular weight is 913 g/mol. The molecule has 0 rings (SSSR count). The normalized spacial score (nSPS) is 15.1. The summed E-state index contributed by atoms with van der Waals surface area (Å²) in [6.45, 7) is 4.60. The quantitative estimate of drug-likeness (QED) is 0.0151. The van der Waals surface area contributed by atoms with Gasteiger partial charge in [0.2, 0.25) is 0 Å². The second kappa shape index (κ2) is 45.1. The second-order valence-corrected chi connectivity index (χ2v) is 18.7. The number of allylic oxidation sites excluding steroid dienone is 6. The molecule has 12 heteroatoms. The van der Waals surface area contributed by atoms with Crippen molar-refractivity contribution in [2.75, 3.05) is 26.4 Å². The number of aliphatic hydroxyl groups excluding tert-OH is 3. The fourth-order valence-electron chi connectivity index (χ4n) is 6.81. The minimum absolute atomic E-state index is 0.107. The van der Waals surface area contributed by atoms with E-state index in [0.29, 0.717) is 25.7 Å². The van der Waals surface area contributed by atoms with Gasteiger partial charge in [0.1, 0.15) is 12.7 Å². The number of aliphatic hydroxyl groups is 3. The highest BCUT2D eigenvalue weighted by atomic mass is 31.2. The van der Waals surface area contributed by atoms with Crippen molar-refractivity contribution in [3.05, 3.63) is 48.6 Å². The maximum absolute atomic E-state index is 12.7. The number of hydrogen-bond acceptors (Lipinski definition) is 10. The summed E-state index contributed by atoms with van der Waals surface area (Å²) in [5.41, 5.74) is 0. The van der Waals surface area contributed by atoms with Crippen molar-refractivity contribution in [3.8, 4) is 0 Å². The van der Waals surface area contributed by atoms with E-state index in [2.05, 4.69) is 39.0 Å². The number of ether oxygens (including phenoxy) is 2. The van der Waals surface area contributed by atoms with E-state index in [1.807, 2.05) is 18.2 Å². The largest absolute Gasteiger partial charge is 0.472 e. The van der Waals surface area contributed by atoms with Gasteiger partial charge in [-0.2, -0.15) is 0 Å². The number of rotatable bonds is 46. The summed E-state index contributed by atoms with van der Waals surface area (Å²) in [6.07, 6.45) is 45.3. The highest BCUT2D eigenvalue weighted by Gasteiger charge is 2.27. The first kappa shape index (κ1) is 60.9. The lowest BCUT2D eigenvalue weighted by molar-refractivity contribution is -0.161. The van der Waals surface area contributed by atoms with Gasteiger partial charge in [0.05, 0.1) is 25.9 Å². The Morgan fingerprint density at radius 1 is 0.603 bits per heavy atom. The molecule has 0 heterocycles. The molecule has 0 aliphatic carbocycles. The van der Waals surface area contributed by atoms with Gasteiger partial charge in [-0.1, -0.05) is 204 Å². The molecule has 0 amide bonds. The molecule has 0 aliphatic rings. The molecule has 0 aromatic carbocycles. The lowest BCUT2D eigenvalue weighted by Crippen LogP contribution is -2.29. The Hall–Kier alpha value is -2.11. The molecule has 63 heavy (non-hydrogen) atoms. The van der Waals surface area contributed by atoms with E-state index in [0.717, 1.165) is 38.0 Å². The third kappa shape index (κ3) is 44.9. The predicted octanol–water partition coefficient (Wildman–Crippen LogP) is 12.9. The van der Waals surface area contributed by atoms with E-state index in [1.54, 1.807) is 12.2 Å². The lowest BCUT2D eigenvalue weighted by Gasteiger charge is -2.20. The van der Waals surface area contributed by atoms with Gasteiger partial charge >= 0.3 is 19.8 Å². The van der Waals surface area contributed by atoms with Crippen LogP contribution in [0.3, 0.4) is 0 Å². The summed E-state index contributed by atoms with van der Waals surface area (Å²) in [7, 11) is -4.65. The fraction of sp³-hybridized carbons (Fsp3) is 0.804. The molecular weight excluding hydrogens is 820 g/mol. The van der Waals surface area contributed by atoms with E-state index < -0.39 is 57.9 Å². The standard InChI is InChI=1S/C51H93O11P/c1-4-6-7-8-9-20-24-28-33-38-47(53)39-34-29-26-31-35-40-50(55)59-44-49(45-61-63(57,58)60-43-48(54)42-52)62-51(56)41-36-30-25-22-19-17-15-13-11-10-12-14-16-18-21-23-27-32-37-46(3)5-2/h9,20,26,28-29,33-34,39,46-49,52-54H,4-8,10-19,21-25,27,30-32,35-38,40-45H2,1-3H3,(H,57,58)/b20-9-,29-26+,33-28-,39-34-/t46?,47?,48-,49+/m0/s1. The minimum atomic E-state index is -4.65. The number of phosphoric acid groups is 1. The molecule has 0 bridgehead atoms. The molecule has 4 N–H and O–H groups in total. The lowest BCUT2D eigenvalue weighted by atomic mass is 9.99. The summed E-state index contributed by atoms with van der Waals surface area (Å²) < 4.78 is 32.7. The number of carbonyl (C=O) groups excluding carboxylic acids is 2. The highest BCUT2D eigenvalue weighted by molar-refractivity contribution is 7.47. The first-order valence-corrected chi connectivity index (χ1v) is 26.6. The SMILES string of the molecule is CCCCC/C=C\C/C=C\CC(O)/C=C\C=C\CCCC(=O)OC[C@H](COP(=O)(O)OC[C@@H](O)CO)OC(=O)CCCCCCCCCCCCCCCCCCCCC(C)CC. The molecule has 0 aromatic rings. The summed E-state index contributed by atoms with van der Waals surface area (Å²) in [5.74, 6) is -0.162. The van der Waals surface area contributed by atoms with Crippen LogP contribution in [0.1, 0.15) is 213 Å². The van der Waals surface area contributed by atoms with Gasteiger partial charge in [-0.15, -0.1) is 0 Å². The molecule has 11 nitrogen and oxygen atoms in total. The zero-order valence-corrected chi connectivity index (χ0v) is 41.0. The average Bonchev–Trinajstić information content (AvgIpc) is 3.27. The first-order chi connectivity index (χ1) is 30.5. The maximum atomic E-state index is 12.7. The van der Waals surface area contributed by atoms with Crippen LogP contribution in [0.2, 0.25) is 0 Å². The molecule has 0 saturated carbocycles. The van der Waals surface area contributed by atoms with Crippen LogP contribution in [0.25, 0.3) is 0 Å². The number of unbranched alkanes of at least 4 members (excludes halogenated alkanes) is 21. The van der Waals surface area contributed by atoms with Gasteiger partial charge in [-0.25, -0.2) is 4.57 Å². The van der Waals surface area contributed by atoms with Gasteiger partial charge in [0, 0.05) is 12.8 Å². The molecular formula is C51H93O11P. The second-order valence-electron chi connectivity index (χ2n) is 17.3. The van der Waals surface area contributed by atoms with Crippen LogP contribution in [0, 0.1) is 5.92 Å². The fourth-order valence-corrected chi connectivity index (χ4v) is 7.60. The minimum Gasteiger partial charge on any atom is -0.462 e. The van der Waals surface area contributed by atoms with Crippen LogP contribution in [0.4, 0.5) is 0 Å². The number of esters is 2. The topological polar surface area (TPSA) is 169 Å². The predicted molar refractivity (Wildman–Crippen MR) is 257 cm³/mol. The smallest absolute Gasteiger partial charge is 0.462 e. The van der Waals surface area contributed by atoms with Crippen molar-refractivity contribution in [2.24, 2.45) is 5.92 Å². The van der Waals surface area contributed by atoms with Gasteiger partial charge in [-0.3, -0.25) is 18.6 Å². The van der Waals surface area contributed by atoms with Crippen molar-refractivity contribution < 1.29 is 52.9 Å². The van der Waals surface area contributed by atoms with Gasteiger partial charge < -0.3 is 29.7 Å². The zero-order chi connectivity index (χ0) is 46.5. The van der Waals surface area contributed by atoms with Gasteiger partial charge in [0.25, 0.3) is 0 Å². The van der Waals surface area contributed by atoms with Gasteiger partial charge in [0.15, 0.2) is 6.10 Å². The Kier molecular flexibility index (Phi) is 43.6. The first-order valence-electron chi connectivity index (χ1n) is 25.1. The van der Waals surface area contributed by atoms with Crippen molar-refractivity contribution in [1.82, 2.24) is 0 Å². The Balaban J connectivity index is 4.32. The van der Waals surface area contributed by atoms with E-state index in [1.165, 1.54) is 122 Å². The Morgan fingerprint density at radius 3 is 1.73 bits per heavy atom. The number of hydrogen-bond donors (Lipinski definition) is 4. The van der Waals surface area contributed by atoms with E-state index in [4.69, 9.17) is 23.6 Å². The van der Waals surface area contributed by atoms with Crippen LogP contribution in [-0.2, 0) is 32.7 Å². The molecule has 0 aliphatic heterocycles. The van der Waals surface area contributed by atoms with Crippen LogP contribution in [0.15, 0.2) is 48.6 Å². The summed E-state index contributed by atoms with van der Waals surface area (Å²) >= 11 is 0. The van der Waals surface area contributed by atoms with Crippen LogP contribution in [-0.4, -0.2) is 76.9 Å². The molecule has 0 fully saturated rings. The highest BCUT2D eigenvalue weighted by Crippen LogP contribution is 2.43. The van der Waals surface area contributed by atoms with E-state index in [9.17, 15) is 29.3 Å². The molecule has 3 unspecified atom stereocenters. The Bertz CT molecular complexity index is 1220. The molecule has 0 saturated heterocycles. The molecule has 368 valence electrons. The van der Waals surface area contributed by atoms with Crippen LogP contribution in [0.5, 0.6) is 0 Å². The molecule has 5 atom stereocenters. The van der Waals surface area contributed by atoms with Crippen LogP contribution < -0.4 is 0 Å². The number of phosphoric ester groups is 1. The maximum Gasteiger partial charge on any atom is 0.472 e.